The van der Waals surface area contributed by atoms with Crippen molar-refractivity contribution < 1.29 is 4.39 Å². The van der Waals surface area contributed by atoms with Crippen molar-refractivity contribution in [2.24, 2.45) is 5.73 Å². The molecule has 8 heteroatoms. The lowest BCUT2D eigenvalue weighted by Gasteiger charge is -2.09. The highest BCUT2D eigenvalue weighted by molar-refractivity contribution is 5.75. The quantitative estimate of drug-likeness (QED) is 0.617. The van der Waals surface area contributed by atoms with Gasteiger partial charge in [0.05, 0.1) is 12.2 Å². The van der Waals surface area contributed by atoms with Crippen molar-refractivity contribution in [1.82, 2.24) is 29.3 Å². The van der Waals surface area contributed by atoms with Gasteiger partial charge in [-0.15, -0.1) is 0 Å². The number of rotatable bonds is 4. The Hall–Kier alpha value is -3.13. The van der Waals surface area contributed by atoms with Crippen LogP contribution in [0.2, 0.25) is 0 Å². The summed E-state index contributed by atoms with van der Waals surface area (Å²) in [6.45, 7) is 0.521. The van der Waals surface area contributed by atoms with Crippen molar-refractivity contribution in [2.45, 2.75) is 13.1 Å². The molecule has 1 aromatic carbocycles. The van der Waals surface area contributed by atoms with Crippen molar-refractivity contribution in [1.29, 1.82) is 0 Å². The number of nitrogens with two attached hydrogens (primary N) is 1. The lowest BCUT2D eigenvalue weighted by Crippen LogP contribution is -2.10. The van der Waals surface area contributed by atoms with Gasteiger partial charge >= 0.3 is 0 Å². The molecular formula is C16H14FN7. The third kappa shape index (κ3) is 2.33. The molecule has 4 rings (SSSR count). The van der Waals surface area contributed by atoms with Crippen LogP contribution in [0.5, 0.6) is 0 Å². The standard InChI is InChI=1S/C16H14FN7/c17-12-5-2-1-4-11(12)9-23-15-14(13(8-18)19-10-20-15)22-16(23)24-7-3-6-21-24/h1-7,10H,8-9,18H2. The van der Waals surface area contributed by atoms with Gasteiger partial charge in [-0.05, 0) is 12.1 Å². The topological polar surface area (TPSA) is 87.4 Å². The lowest BCUT2D eigenvalue weighted by molar-refractivity contribution is 0.597. The van der Waals surface area contributed by atoms with Crippen LogP contribution in [-0.4, -0.2) is 29.3 Å². The van der Waals surface area contributed by atoms with Crippen LogP contribution < -0.4 is 5.73 Å². The number of hydrogen-bond donors (Lipinski definition) is 1. The molecule has 2 N–H and O–H groups in total. The maximum absolute atomic E-state index is 14.1. The Bertz CT molecular complexity index is 991. The van der Waals surface area contributed by atoms with Crippen molar-refractivity contribution >= 4 is 11.2 Å². The summed E-state index contributed by atoms with van der Waals surface area (Å²) in [5.74, 6) is 0.257. The lowest BCUT2D eigenvalue weighted by atomic mass is 10.2. The maximum Gasteiger partial charge on any atom is 0.233 e. The fraction of sp³-hybridized carbons (Fsp3) is 0.125. The highest BCUT2D eigenvalue weighted by Gasteiger charge is 2.18. The second-order valence-corrected chi connectivity index (χ2v) is 5.24. The van der Waals surface area contributed by atoms with Gasteiger partial charge in [0.1, 0.15) is 17.7 Å². The van der Waals surface area contributed by atoms with E-state index in [1.807, 2.05) is 4.57 Å². The first-order valence-electron chi connectivity index (χ1n) is 7.41. The first-order valence-corrected chi connectivity index (χ1v) is 7.41. The largest absolute Gasteiger partial charge is 0.325 e. The molecule has 0 bridgehead atoms. The molecular weight excluding hydrogens is 309 g/mol. The summed E-state index contributed by atoms with van der Waals surface area (Å²) in [5, 5.41) is 4.22. The minimum atomic E-state index is -0.279. The number of benzene rings is 1. The molecule has 0 saturated carbocycles. The first-order chi connectivity index (χ1) is 11.8. The van der Waals surface area contributed by atoms with E-state index in [9.17, 15) is 4.39 Å². The molecule has 0 aliphatic rings. The number of imidazole rings is 1. The van der Waals surface area contributed by atoms with Crippen LogP contribution in [0.25, 0.3) is 17.1 Å². The molecule has 4 aromatic rings. The zero-order chi connectivity index (χ0) is 16.5. The van der Waals surface area contributed by atoms with Gasteiger partial charge in [0, 0.05) is 24.5 Å². The Labute approximate surface area is 136 Å². The first kappa shape index (κ1) is 14.5. The predicted molar refractivity (Wildman–Crippen MR) is 85.8 cm³/mol. The highest BCUT2D eigenvalue weighted by Crippen LogP contribution is 2.21. The van der Waals surface area contributed by atoms with Gasteiger partial charge in [0.2, 0.25) is 5.95 Å². The maximum atomic E-state index is 14.1. The third-order valence-electron chi connectivity index (χ3n) is 3.78. The molecule has 0 atom stereocenters. The Kier molecular flexibility index (Phi) is 3.51. The van der Waals surface area contributed by atoms with E-state index < -0.39 is 0 Å². The molecule has 0 aliphatic carbocycles. The van der Waals surface area contributed by atoms with Gasteiger partial charge in [-0.2, -0.15) is 5.10 Å². The fourth-order valence-corrected chi connectivity index (χ4v) is 2.63. The Morgan fingerprint density at radius 1 is 1.12 bits per heavy atom. The van der Waals surface area contributed by atoms with Gasteiger partial charge in [-0.3, -0.25) is 4.57 Å². The molecule has 0 spiro atoms. The molecule has 0 aliphatic heterocycles. The minimum Gasteiger partial charge on any atom is -0.325 e. The monoisotopic (exact) mass is 323 g/mol. The predicted octanol–water partition coefficient (Wildman–Crippen LogP) is 1.66. The second kappa shape index (κ2) is 5.82. The molecule has 3 aromatic heterocycles. The Balaban J connectivity index is 1.95. The van der Waals surface area contributed by atoms with Crippen molar-refractivity contribution in [3.8, 4) is 5.95 Å². The van der Waals surface area contributed by atoms with Crippen LogP contribution >= 0.6 is 0 Å². The Morgan fingerprint density at radius 2 is 2.00 bits per heavy atom. The van der Waals surface area contributed by atoms with E-state index in [1.165, 1.54) is 12.4 Å². The van der Waals surface area contributed by atoms with E-state index in [0.717, 1.165) is 0 Å². The second-order valence-electron chi connectivity index (χ2n) is 5.24. The van der Waals surface area contributed by atoms with Crippen LogP contribution in [-0.2, 0) is 13.1 Å². The average molecular weight is 323 g/mol. The van der Waals surface area contributed by atoms with Gasteiger partial charge in [0.15, 0.2) is 5.65 Å². The minimum absolute atomic E-state index is 0.244. The van der Waals surface area contributed by atoms with Crippen LogP contribution in [0.1, 0.15) is 11.3 Å². The van der Waals surface area contributed by atoms with E-state index >= 15 is 0 Å². The molecule has 0 fully saturated rings. The summed E-state index contributed by atoms with van der Waals surface area (Å²) in [5.41, 5.74) is 8.12. The van der Waals surface area contributed by atoms with E-state index in [4.69, 9.17) is 5.73 Å². The van der Waals surface area contributed by atoms with E-state index in [1.54, 1.807) is 41.3 Å². The molecule has 3 heterocycles. The normalized spacial score (nSPS) is 11.2. The van der Waals surface area contributed by atoms with Crippen LogP contribution in [0.4, 0.5) is 4.39 Å². The van der Waals surface area contributed by atoms with Crippen LogP contribution in [0.3, 0.4) is 0 Å². The SMILES string of the molecule is NCc1ncnc2c1nc(-n1cccn1)n2Cc1ccccc1F. The van der Waals surface area contributed by atoms with Gasteiger partial charge in [-0.1, -0.05) is 18.2 Å². The summed E-state index contributed by atoms with van der Waals surface area (Å²) in [4.78, 5) is 13.1. The number of hydrogen-bond acceptors (Lipinski definition) is 5. The van der Waals surface area contributed by atoms with Crippen molar-refractivity contribution in [2.75, 3.05) is 0 Å². The van der Waals surface area contributed by atoms with Crippen LogP contribution in [0, 0.1) is 5.82 Å². The number of halogens is 1. The summed E-state index contributed by atoms with van der Waals surface area (Å²) in [6, 6.07) is 8.42. The summed E-state index contributed by atoms with van der Waals surface area (Å²) in [6.07, 6.45) is 4.87. The number of nitrogens with zero attached hydrogens (tertiary/aromatic N) is 6. The molecule has 120 valence electrons. The highest BCUT2D eigenvalue weighted by atomic mass is 19.1. The van der Waals surface area contributed by atoms with Gasteiger partial charge in [-0.25, -0.2) is 24.0 Å². The zero-order valence-electron chi connectivity index (χ0n) is 12.7. The van der Waals surface area contributed by atoms with E-state index in [0.29, 0.717) is 28.4 Å². The van der Waals surface area contributed by atoms with E-state index in [-0.39, 0.29) is 18.9 Å². The van der Waals surface area contributed by atoms with Crippen molar-refractivity contribution in [3.05, 3.63) is 66.1 Å². The van der Waals surface area contributed by atoms with Gasteiger partial charge < -0.3 is 5.73 Å². The molecule has 7 nitrogen and oxygen atoms in total. The molecule has 0 unspecified atom stereocenters. The summed E-state index contributed by atoms with van der Waals surface area (Å²) >= 11 is 0. The smallest absolute Gasteiger partial charge is 0.233 e. The molecule has 24 heavy (non-hydrogen) atoms. The molecule has 0 radical (unpaired) electrons. The van der Waals surface area contributed by atoms with Crippen molar-refractivity contribution in [3.63, 3.8) is 0 Å². The molecule has 0 saturated heterocycles. The fourth-order valence-electron chi connectivity index (χ4n) is 2.63. The summed E-state index contributed by atoms with van der Waals surface area (Å²) in [7, 11) is 0. The number of fused-ring (bicyclic) bond motifs is 1. The summed E-state index contributed by atoms with van der Waals surface area (Å²) < 4.78 is 17.5. The number of aromatic nitrogens is 6. The zero-order valence-corrected chi connectivity index (χ0v) is 12.7. The third-order valence-corrected chi connectivity index (χ3v) is 3.78. The molecule has 0 amide bonds. The van der Waals surface area contributed by atoms with E-state index in [2.05, 4.69) is 20.1 Å². The van der Waals surface area contributed by atoms with Crippen LogP contribution in [0.15, 0.2) is 49.1 Å². The Morgan fingerprint density at radius 3 is 2.75 bits per heavy atom. The average Bonchev–Trinajstić information content (AvgIpc) is 3.24. The van der Waals surface area contributed by atoms with Gasteiger partial charge in [0.25, 0.3) is 0 Å².